The fraction of sp³-hybridized carbons (Fsp3) is 0.417. The first kappa shape index (κ1) is 12.6. The molecule has 0 aliphatic carbocycles. The number of fused-ring (bicyclic) bond motifs is 1. The van der Waals surface area contributed by atoms with Crippen LogP contribution >= 0.6 is 23.7 Å². The van der Waals surface area contributed by atoms with Crippen molar-refractivity contribution < 1.29 is 4.74 Å². The molecule has 0 saturated carbocycles. The van der Waals surface area contributed by atoms with Crippen LogP contribution in [0.25, 0.3) is 10.2 Å². The summed E-state index contributed by atoms with van der Waals surface area (Å²) in [4.78, 5) is 4.48. The van der Waals surface area contributed by atoms with E-state index in [1.807, 2.05) is 18.2 Å². The van der Waals surface area contributed by atoms with Crippen LogP contribution in [-0.2, 0) is 0 Å². The summed E-state index contributed by atoms with van der Waals surface area (Å²) in [5.74, 6) is 0. The van der Waals surface area contributed by atoms with Crippen molar-refractivity contribution in [2.75, 3.05) is 13.1 Å². The largest absolute Gasteiger partial charge is 0.465 e. The molecule has 0 amide bonds. The summed E-state index contributed by atoms with van der Waals surface area (Å²) in [5, 5.41) is 4.14. The van der Waals surface area contributed by atoms with Gasteiger partial charge in [-0.3, -0.25) is 0 Å². The molecule has 2 aromatic rings. The fourth-order valence-electron chi connectivity index (χ4n) is 1.96. The molecule has 17 heavy (non-hydrogen) atoms. The summed E-state index contributed by atoms with van der Waals surface area (Å²) < 4.78 is 7.08. The van der Waals surface area contributed by atoms with E-state index in [1.54, 1.807) is 11.3 Å². The number of halogens is 1. The zero-order chi connectivity index (χ0) is 10.8. The van der Waals surface area contributed by atoms with Crippen molar-refractivity contribution in [2.24, 2.45) is 0 Å². The van der Waals surface area contributed by atoms with Crippen LogP contribution in [0, 0.1) is 0 Å². The Morgan fingerprint density at radius 3 is 3.00 bits per heavy atom. The molecule has 2 heterocycles. The number of hydrogen-bond donors (Lipinski definition) is 1. The number of benzene rings is 1. The van der Waals surface area contributed by atoms with Gasteiger partial charge in [-0.25, -0.2) is 4.98 Å². The first-order valence-corrected chi connectivity index (χ1v) is 6.46. The van der Waals surface area contributed by atoms with Crippen LogP contribution in [0.5, 0.6) is 5.19 Å². The lowest BCUT2D eigenvalue weighted by atomic mass is 10.1. The number of ether oxygens (including phenoxy) is 1. The van der Waals surface area contributed by atoms with Gasteiger partial charge in [0.1, 0.15) is 6.10 Å². The minimum atomic E-state index is 0. The van der Waals surface area contributed by atoms with Crippen molar-refractivity contribution in [2.45, 2.75) is 18.9 Å². The second-order valence-electron chi connectivity index (χ2n) is 4.03. The van der Waals surface area contributed by atoms with Gasteiger partial charge in [0.15, 0.2) is 0 Å². The van der Waals surface area contributed by atoms with Gasteiger partial charge in [0.25, 0.3) is 5.19 Å². The molecule has 0 radical (unpaired) electrons. The Bertz CT molecular complexity index is 449. The van der Waals surface area contributed by atoms with E-state index in [1.165, 1.54) is 11.1 Å². The first-order chi connectivity index (χ1) is 7.92. The smallest absolute Gasteiger partial charge is 0.274 e. The van der Waals surface area contributed by atoms with Crippen LogP contribution in [0.15, 0.2) is 24.3 Å². The lowest BCUT2D eigenvalue weighted by Gasteiger charge is -2.22. The van der Waals surface area contributed by atoms with Crippen molar-refractivity contribution in [3.8, 4) is 5.19 Å². The number of rotatable bonds is 2. The average molecular weight is 271 g/mol. The highest BCUT2D eigenvalue weighted by Gasteiger charge is 2.16. The molecule has 1 N–H and O–H groups in total. The van der Waals surface area contributed by atoms with E-state index < -0.39 is 0 Å². The summed E-state index contributed by atoms with van der Waals surface area (Å²) in [6, 6.07) is 8.15. The minimum Gasteiger partial charge on any atom is -0.465 e. The molecule has 3 rings (SSSR count). The maximum atomic E-state index is 5.89. The molecule has 0 spiro atoms. The van der Waals surface area contributed by atoms with Gasteiger partial charge in [0.05, 0.1) is 10.2 Å². The van der Waals surface area contributed by atoms with Crippen molar-refractivity contribution >= 4 is 34.0 Å². The fourth-order valence-corrected chi connectivity index (χ4v) is 2.85. The van der Waals surface area contributed by atoms with Gasteiger partial charge in [-0.15, -0.1) is 12.4 Å². The number of thiazole rings is 1. The number of hydrogen-bond acceptors (Lipinski definition) is 4. The van der Waals surface area contributed by atoms with Gasteiger partial charge in [-0.2, -0.15) is 0 Å². The second-order valence-corrected chi connectivity index (χ2v) is 5.03. The maximum Gasteiger partial charge on any atom is 0.274 e. The third-order valence-electron chi connectivity index (χ3n) is 2.79. The van der Waals surface area contributed by atoms with Crippen molar-refractivity contribution in [3.05, 3.63) is 24.3 Å². The van der Waals surface area contributed by atoms with Gasteiger partial charge in [-0.05, 0) is 31.5 Å². The van der Waals surface area contributed by atoms with Crippen LogP contribution in [-0.4, -0.2) is 24.2 Å². The average Bonchev–Trinajstić information content (AvgIpc) is 2.72. The van der Waals surface area contributed by atoms with E-state index in [-0.39, 0.29) is 18.5 Å². The number of piperidine rings is 1. The Balaban J connectivity index is 0.00000108. The van der Waals surface area contributed by atoms with Crippen LogP contribution in [0.3, 0.4) is 0 Å². The summed E-state index contributed by atoms with van der Waals surface area (Å²) in [5.41, 5.74) is 1.03. The summed E-state index contributed by atoms with van der Waals surface area (Å²) >= 11 is 1.63. The molecule has 1 atom stereocenters. The zero-order valence-corrected chi connectivity index (χ0v) is 11.0. The van der Waals surface area contributed by atoms with Crippen molar-refractivity contribution in [3.63, 3.8) is 0 Å². The van der Waals surface area contributed by atoms with Gasteiger partial charge in [-0.1, -0.05) is 23.5 Å². The lowest BCUT2D eigenvalue weighted by molar-refractivity contribution is 0.167. The van der Waals surface area contributed by atoms with Crippen LogP contribution in [0.4, 0.5) is 0 Å². The minimum absolute atomic E-state index is 0. The monoisotopic (exact) mass is 270 g/mol. The number of aromatic nitrogens is 1. The molecule has 0 unspecified atom stereocenters. The normalized spacial score (nSPS) is 19.9. The molecule has 5 heteroatoms. The third kappa shape index (κ3) is 2.89. The Labute approximate surface area is 111 Å². The van der Waals surface area contributed by atoms with Gasteiger partial charge >= 0.3 is 0 Å². The van der Waals surface area contributed by atoms with E-state index in [2.05, 4.69) is 16.4 Å². The molecule has 1 aliphatic rings. The predicted octanol–water partition coefficient (Wildman–Crippen LogP) is 2.85. The highest BCUT2D eigenvalue weighted by Crippen LogP contribution is 2.28. The highest BCUT2D eigenvalue weighted by atomic mass is 35.5. The topological polar surface area (TPSA) is 34.1 Å². The molecule has 1 aromatic carbocycles. The Kier molecular flexibility index (Phi) is 4.20. The standard InChI is InChI=1S/C12H14N2OS.ClH/c1-2-6-11-10(5-1)14-12(16-11)15-9-4-3-7-13-8-9;/h1-2,5-6,9,13H,3-4,7-8H2;1H/t9-;/m0./s1. The predicted molar refractivity (Wildman–Crippen MR) is 73.4 cm³/mol. The van der Waals surface area contributed by atoms with Gasteiger partial charge in [0, 0.05) is 6.54 Å². The van der Waals surface area contributed by atoms with E-state index in [0.29, 0.717) is 0 Å². The molecule has 3 nitrogen and oxygen atoms in total. The molecule has 1 aromatic heterocycles. The van der Waals surface area contributed by atoms with E-state index in [4.69, 9.17) is 4.74 Å². The maximum absolute atomic E-state index is 5.89. The van der Waals surface area contributed by atoms with Gasteiger partial charge in [0.2, 0.25) is 0 Å². The summed E-state index contributed by atoms with van der Waals surface area (Å²) in [7, 11) is 0. The molecular weight excluding hydrogens is 256 g/mol. The quantitative estimate of drug-likeness (QED) is 0.911. The second kappa shape index (κ2) is 5.67. The summed E-state index contributed by atoms with van der Waals surface area (Å²) in [6.07, 6.45) is 2.60. The Morgan fingerprint density at radius 2 is 2.24 bits per heavy atom. The lowest BCUT2D eigenvalue weighted by Crippen LogP contribution is -2.37. The van der Waals surface area contributed by atoms with Crippen molar-refractivity contribution in [1.29, 1.82) is 0 Å². The van der Waals surface area contributed by atoms with Crippen LogP contribution < -0.4 is 10.1 Å². The van der Waals surface area contributed by atoms with Crippen molar-refractivity contribution in [1.82, 2.24) is 10.3 Å². The molecule has 1 saturated heterocycles. The third-order valence-corrected chi connectivity index (χ3v) is 3.72. The van der Waals surface area contributed by atoms with Crippen LogP contribution in [0.2, 0.25) is 0 Å². The number of nitrogens with zero attached hydrogens (tertiary/aromatic N) is 1. The summed E-state index contributed by atoms with van der Waals surface area (Å²) in [6.45, 7) is 2.05. The molecule has 0 bridgehead atoms. The first-order valence-electron chi connectivity index (χ1n) is 5.65. The van der Waals surface area contributed by atoms with Gasteiger partial charge < -0.3 is 10.1 Å². The SMILES string of the molecule is Cl.c1ccc2sc(O[C@H]3CCCNC3)nc2c1. The Morgan fingerprint density at radius 1 is 1.35 bits per heavy atom. The number of para-hydroxylation sites is 1. The highest BCUT2D eigenvalue weighted by molar-refractivity contribution is 7.20. The van der Waals surface area contributed by atoms with E-state index in [0.717, 1.165) is 30.2 Å². The number of nitrogens with one attached hydrogen (secondary N) is 1. The van der Waals surface area contributed by atoms with E-state index in [9.17, 15) is 0 Å². The molecule has 1 aliphatic heterocycles. The Hall–Kier alpha value is -0.840. The zero-order valence-electron chi connectivity index (χ0n) is 9.39. The van der Waals surface area contributed by atoms with Crippen LogP contribution in [0.1, 0.15) is 12.8 Å². The molecule has 92 valence electrons. The van der Waals surface area contributed by atoms with E-state index >= 15 is 0 Å². The molecule has 1 fully saturated rings. The molecular formula is C12H15ClN2OS.